The van der Waals surface area contributed by atoms with Crippen LogP contribution in [-0.4, -0.2) is 31.9 Å². The number of carbonyl (C=O) groups is 1. The van der Waals surface area contributed by atoms with Crippen molar-refractivity contribution in [3.05, 3.63) is 64.5 Å². The summed E-state index contributed by atoms with van der Waals surface area (Å²) in [5, 5.41) is 0. The van der Waals surface area contributed by atoms with Crippen molar-refractivity contribution in [2.45, 2.75) is 33.2 Å². The van der Waals surface area contributed by atoms with Crippen LogP contribution in [0.5, 0.6) is 0 Å². The summed E-state index contributed by atoms with van der Waals surface area (Å²) >= 11 is 0. The van der Waals surface area contributed by atoms with E-state index in [0.717, 1.165) is 16.8 Å². The number of hydrogen-bond acceptors (Lipinski definition) is 4. The second kappa shape index (κ2) is 7.23. The number of rotatable bonds is 3. The number of anilines is 1. The number of allylic oxidation sites excluding steroid dienone is 1. The Labute approximate surface area is 165 Å². The van der Waals surface area contributed by atoms with Gasteiger partial charge in [-0.3, -0.25) is 4.99 Å². The molecular formula is C23H25FN2O2. The van der Waals surface area contributed by atoms with Gasteiger partial charge in [-0.15, -0.1) is 0 Å². The van der Waals surface area contributed by atoms with Crippen molar-refractivity contribution in [2.75, 3.05) is 19.1 Å². The van der Waals surface area contributed by atoms with Crippen LogP contribution in [0.2, 0.25) is 0 Å². The van der Waals surface area contributed by atoms with Crippen molar-refractivity contribution in [1.82, 2.24) is 0 Å². The number of carbonyl (C=O) groups excluding carboxylic acids is 1. The quantitative estimate of drug-likeness (QED) is 0.536. The van der Waals surface area contributed by atoms with Gasteiger partial charge < -0.3 is 9.64 Å². The monoisotopic (exact) mass is 380 g/mol. The molecule has 0 saturated carbocycles. The first kappa shape index (κ1) is 19.8. The van der Waals surface area contributed by atoms with Crippen molar-refractivity contribution in [2.24, 2.45) is 4.99 Å². The van der Waals surface area contributed by atoms with Crippen LogP contribution >= 0.6 is 0 Å². The zero-order valence-corrected chi connectivity index (χ0v) is 17.1. The molecule has 0 radical (unpaired) electrons. The van der Waals surface area contributed by atoms with Crippen molar-refractivity contribution in [1.29, 1.82) is 0 Å². The molecule has 4 nitrogen and oxygen atoms in total. The highest BCUT2D eigenvalue weighted by Gasteiger charge is 2.29. The van der Waals surface area contributed by atoms with E-state index in [4.69, 9.17) is 4.74 Å². The first-order valence-corrected chi connectivity index (χ1v) is 9.15. The molecule has 146 valence electrons. The van der Waals surface area contributed by atoms with E-state index in [1.807, 2.05) is 20.0 Å². The number of nitrogens with zero attached hydrogens (tertiary/aromatic N) is 2. The maximum Gasteiger partial charge on any atom is 0.338 e. The number of fused-ring (bicyclic) bond motifs is 1. The summed E-state index contributed by atoms with van der Waals surface area (Å²) in [5.41, 5.74) is 4.94. The van der Waals surface area contributed by atoms with E-state index in [2.05, 4.69) is 29.8 Å². The zero-order chi connectivity index (χ0) is 20.6. The Morgan fingerprint density at radius 2 is 1.96 bits per heavy atom. The Morgan fingerprint density at radius 3 is 2.64 bits per heavy atom. The maximum atomic E-state index is 14.8. The highest BCUT2D eigenvalue weighted by Crippen LogP contribution is 2.38. The van der Waals surface area contributed by atoms with Crippen molar-refractivity contribution in [3.8, 4) is 0 Å². The Morgan fingerprint density at radius 1 is 1.25 bits per heavy atom. The van der Waals surface area contributed by atoms with Gasteiger partial charge in [-0.05, 0) is 63.1 Å². The van der Waals surface area contributed by atoms with E-state index in [1.54, 1.807) is 31.2 Å². The summed E-state index contributed by atoms with van der Waals surface area (Å²) in [4.78, 5) is 18.4. The molecule has 0 atom stereocenters. The maximum absolute atomic E-state index is 14.8. The van der Waals surface area contributed by atoms with E-state index in [-0.39, 0.29) is 11.4 Å². The number of esters is 1. The highest BCUT2D eigenvalue weighted by atomic mass is 19.1. The van der Waals surface area contributed by atoms with E-state index in [0.29, 0.717) is 22.4 Å². The van der Waals surface area contributed by atoms with Crippen LogP contribution < -0.4 is 4.90 Å². The molecule has 0 bridgehead atoms. The SMILES string of the molecule is COC(=O)c1cccc(N=Cc2cc3c(cc2F)N(C)C(C)(C)C=C3C)c1C. The Kier molecular flexibility index (Phi) is 5.11. The second-order valence-corrected chi connectivity index (χ2v) is 7.63. The molecule has 1 aliphatic rings. The fraction of sp³-hybridized carbons (Fsp3) is 0.304. The van der Waals surface area contributed by atoms with Crippen molar-refractivity contribution >= 4 is 29.1 Å². The van der Waals surface area contributed by atoms with Crippen LogP contribution in [0, 0.1) is 12.7 Å². The molecule has 2 aromatic rings. The molecule has 0 aliphatic carbocycles. The molecule has 0 spiro atoms. The van der Waals surface area contributed by atoms with Crippen LogP contribution in [0.15, 0.2) is 41.4 Å². The fourth-order valence-corrected chi connectivity index (χ4v) is 3.52. The molecule has 0 saturated heterocycles. The van der Waals surface area contributed by atoms with Crippen LogP contribution in [0.25, 0.3) is 5.57 Å². The predicted molar refractivity (Wildman–Crippen MR) is 112 cm³/mol. The topological polar surface area (TPSA) is 41.9 Å². The first-order valence-electron chi connectivity index (χ1n) is 9.15. The van der Waals surface area contributed by atoms with Crippen LogP contribution in [0.1, 0.15) is 47.8 Å². The molecule has 0 fully saturated rings. The third kappa shape index (κ3) is 3.44. The van der Waals surface area contributed by atoms with Gasteiger partial charge in [0.05, 0.1) is 23.9 Å². The van der Waals surface area contributed by atoms with Crippen LogP contribution in [0.4, 0.5) is 15.8 Å². The second-order valence-electron chi connectivity index (χ2n) is 7.63. The molecule has 0 amide bonds. The normalized spacial score (nSPS) is 15.4. The number of aliphatic imine (C=N–C) groups is 1. The van der Waals surface area contributed by atoms with E-state index >= 15 is 0 Å². The Hall–Kier alpha value is -2.95. The molecule has 28 heavy (non-hydrogen) atoms. The van der Waals surface area contributed by atoms with E-state index < -0.39 is 5.97 Å². The van der Waals surface area contributed by atoms with Crippen LogP contribution in [0.3, 0.4) is 0 Å². The Bertz CT molecular complexity index is 1010. The zero-order valence-electron chi connectivity index (χ0n) is 17.1. The minimum atomic E-state index is -0.416. The third-order valence-corrected chi connectivity index (χ3v) is 5.39. The number of methoxy groups -OCH3 is 1. The average molecular weight is 380 g/mol. The van der Waals surface area contributed by atoms with Gasteiger partial charge in [-0.1, -0.05) is 12.1 Å². The van der Waals surface area contributed by atoms with Gasteiger partial charge in [-0.2, -0.15) is 0 Å². The number of benzene rings is 2. The molecule has 1 heterocycles. The van der Waals surface area contributed by atoms with Gasteiger partial charge in [0.25, 0.3) is 0 Å². The highest BCUT2D eigenvalue weighted by molar-refractivity contribution is 5.93. The molecule has 5 heteroatoms. The number of hydrogen-bond donors (Lipinski definition) is 0. The summed E-state index contributed by atoms with van der Waals surface area (Å²) < 4.78 is 19.6. The number of halogens is 1. The van der Waals surface area contributed by atoms with Crippen LogP contribution in [-0.2, 0) is 4.74 Å². The molecular weight excluding hydrogens is 355 g/mol. The third-order valence-electron chi connectivity index (χ3n) is 5.39. The number of ether oxygens (including phenoxy) is 1. The molecule has 2 aromatic carbocycles. The van der Waals surface area contributed by atoms with Gasteiger partial charge in [0.15, 0.2) is 0 Å². The number of likely N-dealkylation sites (N-methyl/N-ethyl adjacent to an activating group) is 1. The molecule has 0 aromatic heterocycles. The summed E-state index contributed by atoms with van der Waals surface area (Å²) in [6, 6.07) is 8.60. The lowest BCUT2D eigenvalue weighted by molar-refractivity contribution is 0.0600. The van der Waals surface area contributed by atoms with E-state index in [9.17, 15) is 9.18 Å². The lowest BCUT2D eigenvalue weighted by Crippen LogP contribution is -2.42. The standard InChI is InChI=1S/C23H25FN2O2/c1-14-12-23(3,4)26(5)21-11-19(24)16(10-18(14)21)13-25-20-9-7-8-17(15(20)2)22(27)28-6/h7-13H,1-6H3. The van der Waals surface area contributed by atoms with Gasteiger partial charge in [-0.25, -0.2) is 9.18 Å². The average Bonchev–Trinajstić information content (AvgIpc) is 2.65. The van der Waals surface area contributed by atoms with Gasteiger partial charge in [0, 0.05) is 30.1 Å². The Balaban J connectivity index is 2.02. The van der Waals surface area contributed by atoms with Crippen molar-refractivity contribution < 1.29 is 13.9 Å². The largest absolute Gasteiger partial charge is 0.465 e. The minimum absolute atomic E-state index is 0.176. The van der Waals surface area contributed by atoms with Gasteiger partial charge in [0.1, 0.15) is 5.82 Å². The summed E-state index contributed by atoms with van der Waals surface area (Å²) in [5.74, 6) is -0.748. The summed E-state index contributed by atoms with van der Waals surface area (Å²) in [6.07, 6.45) is 3.68. The molecule has 0 N–H and O–H groups in total. The molecule has 0 unspecified atom stereocenters. The molecule has 1 aliphatic heterocycles. The fourth-order valence-electron chi connectivity index (χ4n) is 3.52. The van der Waals surface area contributed by atoms with Crippen molar-refractivity contribution in [3.63, 3.8) is 0 Å². The van der Waals surface area contributed by atoms with E-state index in [1.165, 1.54) is 13.3 Å². The predicted octanol–water partition coefficient (Wildman–Crippen LogP) is 5.30. The summed E-state index contributed by atoms with van der Waals surface area (Å²) in [6.45, 7) is 8.04. The first-order chi connectivity index (χ1) is 13.2. The lowest BCUT2D eigenvalue weighted by atomic mass is 9.88. The summed E-state index contributed by atoms with van der Waals surface area (Å²) in [7, 11) is 3.31. The lowest BCUT2D eigenvalue weighted by Gasteiger charge is -2.40. The van der Waals surface area contributed by atoms with Gasteiger partial charge >= 0.3 is 5.97 Å². The van der Waals surface area contributed by atoms with Gasteiger partial charge in [0.2, 0.25) is 0 Å². The minimum Gasteiger partial charge on any atom is -0.465 e. The smallest absolute Gasteiger partial charge is 0.338 e. The molecule has 3 rings (SSSR count).